The number of nitrogens with zero attached hydrogens (tertiary/aromatic N) is 1. The number of nitrogens with one attached hydrogen (secondary N) is 2. The van der Waals surface area contributed by atoms with Crippen LogP contribution in [0.2, 0.25) is 0 Å². The molecule has 11 heteroatoms. The Bertz CT molecular complexity index is 1440. The monoisotopic (exact) mass is 531 g/mol. The molecule has 0 aliphatic rings. The van der Waals surface area contributed by atoms with Gasteiger partial charge in [0.05, 0.1) is 29.1 Å². The number of benzene rings is 3. The normalized spacial score (nSPS) is 11.6. The lowest BCUT2D eigenvalue weighted by atomic mass is 10.1. The number of carbonyl (C=O) groups is 1. The van der Waals surface area contributed by atoms with Crippen LogP contribution in [0.1, 0.15) is 18.1 Å². The molecule has 0 fully saturated rings. The second kappa shape index (κ2) is 11.0. The van der Waals surface area contributed by atoms with Gasteiger partial charge in [-0.05, 0) is 86.5 Å². The third kappa shape index (κ3) is 6.98. The molecule has 3 aromatic rings. The van der Waals surface area contributed by atoms with E-state index in [2.05, 4.69) is 10.0 Å². The summed E-state index contributed by atoms with van der Waals surface area (Å²) in [7, 11) is -7.59. The molecule has 3 rings (SSSR count). The maximum Gasteiger partial charge on any atom is 0.261 e. The van der Waals surface area contributed by atoms with Gasteiger partial charge in [-0.25, -0.2) is 16.8 Å². The average Bonchev–Trinajstić information content (AvgIpc) is 2.80. The molecule has 0 radical (unpaired) electrons. The zero-order valence-corrected chi connectivity index (χ0v) is 22.1. The molecule has 0 aliphatic carbocycles. The van der Waals surface area contributed by atoms with Crippen molar-refractivity contribution in [2.24, 2.45) is 0 Å². The number of amides is 1. The summed E-state index contributed by atoms with van der Waals surface area (Å²) in [5, 5.41) is 2.61. The Kier molecular flexibility index (Phi) is 8.26. The SMILES string of the molecule is CCOc1ccc(N(CC(=O)Nc2ccc(S(=O)(=O)Nc3cc(C)ccc3C)cc2)S(C)(=O)=O)cc1. The molecule has 0 aromatic heterocycles. The first-order valence-corrected chi connectivity index (χ1v) is 14.4. The Morgan fingerprint density at radius 3 is 2.14 bits per heavy atom. The maximum absolute atomic E-state index is 12.8. The predicted molar refractivity (Wildman–Crippen MR) is 142 cm³/mol. The van der Waals surface area contributed by atoms with Crippen LogP contribution in [0.5, 0.6) is 5.75 Å². The fraction of sp³-hybridized carbons (Fsp3) is 0.240. The van der Waals surface area contributed by atoms with Crippen molar-refractivity contribution in [3.05, 3.63) is 77.9 Å². The molecule has 0 saturated carbocycles. The van der Waals surface area contributed by atoms with Crippen molar-refractivity contribution >= 4 is 43.0 Å². The summed E-state index contributed by atoms with van der Waals surface area (Å²) in [6, 6.07) is 17.5. The lowest BCUT2D eigenvalue weighted by molar-refractivity contribution is -0.114. The molecule has 2 N–H and O–H groups in total. The fourth-order valence-electron chi connectivity index (χ4n) is 3.37. The molecule has 0 heterocycles. The van der Waals surface area contributed by atoms with Crippen molar-refractivity contribution in [2.45, 2.75) is 25.7 Å². The third-order valence-electron chi connectivity index (χ3n) is 5.21. The maximum atomic E-state index is 12.8. The van der Waals surface area contributed by atoms with Gasteiger partial charge in [-0.15, -0.1) is 0 Å². The van der Waals surface area contributed by atoms with Crippen LogP contribution in [0.3, 0.4) is 0 Å². The lowest BCUT2D eigenvalue weighted by Gasteiger charge is -2.22. The van der Waals surface area contributed by atoms with E-state index in [0.29, 0.717) is 29.4 Å². The molecular formula is C25H29N3O6S2. The Morgan fingerprint density at radius 1 is 0.917 bits per heavy atom. The summed E-state index contributed by atoms with van der Waals surface area (Å²) in [6.45, 7) is 5.53. The van der Waals surface area contributed by atoms with E-state index in [9.17, 15) is 21.6 Å². The van der Waals surface area contributed by atoms with Gasteiger partial charge in [-0.3, -0.25) is 13.8 Å². The van der Waals surface area contributed by atoms with Gasteiger partial charge in [-0.2, -0.15) is 0 Å². The third-order valence-corrected chi connectivity index (χ3v) is 7.73. The lowest BCUT2D eigenvalue weighted by Crippen LogP contribution is -2.37. The Labute approximate surface area is 212 Å². The number of aryl methyl sites for hydroxylation is 2. The van der Waals surface area contributed by atoms with Gasteiger partial charge in [0.15, 0.2) is 0 Å². The van der Waals surface area contributed by atoms with Crippen LogP contribution in [-0.2, 0) is 24.8 Å². The number of hydrogen-bond donors (Lipinski definition) is 2. The molecular weight excluding hydrogens is 502 g/mol. The first-order valence-electron chi connectivity index (χ1n) is 11.1. The fourth-order valence-corrected chi connectivity index (χ4v) is 5.35. The molecule has 36 heavy (non-hydrogen) atoms. The number of hydrogen-bond acceptors (Lipinski definition) is 6. The molecule has 0 aliphatic heterocycles. The van der Waals surface area contributed by atoms with Crippen molar-refractivity contribution in [3.63, 3.8) is 0 Å². The summed E-state index contributed by atoms with van der Waals surface area (Å²) in [5.74, 6) is -0.000304. The molecule has 0 atom stereocenters. The number of carbonyl (C=O) groups excluding carboxylic acids is 1. The van der Waals surface area contributed by atoms with Gasteiger partial charge < -0.3 is 10.1 Å². The second-order valence-electron chi connectivity index (χ2n) is 8.19. The first kappa shape index (κ1) is 27.0. The van der Waals surface area contributed by atoms with E-state index < -0.39 is 32.5 Å². The Hall–Kier alpha value is -3.57. The number of rotatable bonds is 10. The van der Waals surface area contributed by atoms with Crippen molar-refractivity contribution in [2.75, 3.05) is 33.8 Å². The van der Waals surface area contributed by atoms with Gasteiger partial charge in [0.2, 0.25) is 15.9 Å². The van der Waals surface area contributed by atoms with E-state index in [0.717, 1.165) is 21.7 Å². The van der Waals surface area contributed by atoms with Crippen LogP contribution in [0.4, 0.5) is 17.1 Å². The number of anilines is 3. The van der Waals surface area contributed by atoms with Gasteiger partial charge in [0.25, 0.3) is 10.0 Å². The minimum atomic E-state index is -3.84. The van der Waals surface area contributed by atoms with E-state index in [1.807, 2.05) is 32.9 Å². The highest BCUT2D eigenvalue weighted by molar-refractivity contribution is 7.92. The average molecular weight is 532 g/mol. The molecule has 0 bridgehead atoms. The van der Waals surface area contributed by atoms with Crippen molar-refractivity contribution in [1.29, 1.82) is 0 Å². The van der Waals surface area contributed by atoms with E-state index in [4.69, 9.17) is 4.74 Å². The minimum absolute atomic E-state index is 0.0218. The van der Waals surface area contributed by atoms with Crippen LogP contribution >= 0.6 is 0 Å². The second-order valence-corrected chi connectivity index (χ2v) is 11.8. The first-order chi connectivity index (χ1) is 16.9. The summed E-state index contributed by atoms with van der Waals surface area (Å²) in [6.07, 6.45) is 1.01. The van der Waals surface area contributed by atoms with E-state index in [1.165, 1.54) is 24.3 Å². The van der Waals surface area contributed by atoms with E-state index in [-0.39, 0.29) is 4.90 Å². The largest absolute Gasteiger partial charge is 0.494 e. The Morgan fingerprint density at radius 2 is 1.56 bits per heavy atom. The highest BCUT2D eigenvalue weighted by Gasteiger charge is 2.21. The standard InChI is InChI=1S/C25H29N3O6S2/c1-5-34-22-12-10-21(11-13-22)28(35(4,30)31)17-25(29)26-20-8-14-23(15-9-20)36(32,33)27-24-16-18(2)6-7-19(24)3/h6-16,27H,5,17H2,1-4H3,(H,26,29). The van der Waals surface area contributed by atoms with Gasteiger partial charge in [0.1, 0.15) is 12.3 Å². The van der Waals surface area contributed by atoms with Gasteiger partial charge >= 0.3 is 0 Å². The number of sulfonamides is 2. The summed E-state index contributed by atoms with van der Waals surface area (Å²) in [4.78, 5) is 12.7. The van der Waals surface area contributed by atoms with Gasteiger partial charge in [-0.1, -0.05) is 12.1 Å². The molecule has 0 saturated heterocycles. The summed E-state index contributed by atoms with van der Waals surface area (Å²) in [5.41, 5.74) is 2.84. The van der Waals surface area contributed by atoms with Crippen LogP contribution in [0, 0.1) is 13.8 Å². The Balaban J connectivity index is 1.71. The zero-order valence-electron chi connectivity index (χ0n) is 20.5. The quantitative estimate of drug-likeness (QED) is 0.409. The molecule has 9 nitrogen and oxygen atoms in total. The van der Waals surface area contributed by atoms with Crippen LogP contribution in [0.15, 0.2) is 71.6 Å². The topological polar surface area (TPSA) is 122 Å². The van der Waals surface area contributed by atoms with Crippen LogP contribution in [-0.4, -0.2) is 42.2 Å². The van der Waals surface area contributed by atoms with Gasteiger partial charge in [0, 0.05) is 5.69 Å². The summed E-state index contributed by atoms with van der Waals surface area (Å²) >= 11 is 0. The smallest absolute Gasteiger partial charge is 0.261 e. The van der Waals surface area contributed by atoms with Crippen molar-refractivity contribution in [3.8, 4) is 5.75 Å². The molecule has 0 spiro atoms. The molecule has 3 aromatic carbocycles. The van der Waals surface area contributed by atoms with Crippen LogP contribution in [0.25, 0.3) is 0 Å². The molecule has 192 valence electrons. The van der Waals surface area contributed by atoms with E-state index in [1.54, 1.807) is 30.3 Å². The molecule has 1 amide bonds. The molecule has 0 unspecified atom stereocenters. The van der Waals surface area contributed by atoms with Crippen LogP contribution < -0.4 is 19.1 Å². The summed E-state index contributed by atoms with van der Waals surface area (Å²) < 4.78 is 59.2. The minimum Gasteiger partial charge on any atom is -0.494 e. The number of ether oxygens (including phenoxy) is 1. The highest BCUT2D eigenvalue weighted by atomic mass is 32.2. The van der Waals surface area contributed by atoms with E-state index >= 15 is 0 Å². The van der Waals surface area contributed by atoms with Crippen molar-refractivity contribution in [1.82, 2.24) is 0 Å². The zero-order chi connectivity index (χ0) is 26.5. The highest BCUT2D eigenvalue weighted by Crippen LogP contribution is 2.23. The van der Waals surface area contributed by atoms with Crippen molar-refractivity contribution < 1.29 is 26.4 Å². The predicted octanol–water partition coefficient (Wildman–Crippen LogP) is 3.91.